The van der Waals surface area contributed by atoms with Crippen molar-refractivity contribution in [1.82, 2.24) is 9.13 Å². The Balaban J connectivity index is 2.83. The van der Waals surface area contributed by atoms with Crippen LogP contribution in [0.3, 0.4) is 0 Å². The summed E-state index contributed by atoms with van der Waals surface area (Å²) in [7, 11) is 4.07. The first-order chi connectivity index (χ1) is 11.9. The van der Waals surface area contributed by atoms with Crippen LogP contribution in [0.15, 0.2) is 33.9 Å². The van der Waals surface area contributed by atoms with Crippen molar-refractivity contribution in [1.29, 1.82) is 10.5 Å². The minimum absolute atomic E-state index is 0.178. The minimum atomic E-state index is -1.23. The molecule has 1 atom stereocenters. The van der Waals surface area contributed by atoms with Crippen molar-refractivity contribution in [2.75, 3.05) is 7.11 Å². The molecular weight excluding hydrogens is 324 g/mol. The number of ether oxygens (including phenoxy) is 1. The predicted octanol–water partition coefficient (Wildman–Crippen LogP) is 0.593. The highest BCUT2D eigenvalue weighted by atomic mass is 16.5. The smallest absolute Gasteiger partial charge is 0.333 e. The quantitative estimate of drug-likeness (QED) is 0.869. The molecule has 1 aromatic heterocycles. The lowest BCUT2D eigenvalue weighted by Crippen LogP contribution is -2.40. The molecule has 128 valence electrons. The van der Waals surface area contributed by atoms with Crippen molar-refractivity contribution < 1.29 is 9.84 Å². The van der Waals surface area contributed by atoms with E-state index in [9.17, 15) is 25.2 Å². The first kappa shape index (κ1) is 17.8. The van der Waals surface area contributed by atoms with Gasteiger partial charge >= 0.3 is 5.69 Å². The van der Waals surface area contributed by atoms with Gasteiger partial charge in [-0.25, -0.2) is 4.79 Å². The van der Waals surface area contributed by atoms with Crippen LogP contribution in [-0.2, 0) is 14.1 Å². The van der Waals surface area contributed by atoms with Gasteiger partial charge in [0.15, 0.2) is 0 Å². The SMILES string of the molecule is COc1ccc(C(c2c(O)n(C)c(=O)n(C)c2=O)C(C#N)C#N)cc1. The van der Waals surface area contributed by atoms with Gasteiger partial charge < -0.3 is 9.84 Å². The molecule has 25 heavy (non-hydrogen) atoms. The van der Waals surface area contributed by atoms with E-state index in [4.69, 9.17) is 4.74 Å². The van der Waals surface area contributed by atoms with Crippen LogP contribution in [0.1, 0.15) is 17.0 Å². The molecule has 2 aromatic rings. The van der Waals surface area contributed by atoms with Gasteiger partial charge in [-0.3, -0.25) is 13.9 Å². The van der Waals surface area contributed by atoms with Gasteiger partial charge in [0.1, 0.15) is 11.7 Å². The van der Waals surface area contributed by atoms with Crippen molar-refractivity contribution >= 4 is 0 Å². The van der Waals surface area contributed by atoms with Crippen molar-refractivity contribution in [2.45, 2.75) is 5.92 Å². The van der Waals surface area contributed by atoms with Crippen molar-refractivity contribution in [3.05, 3.63) is 56.2 Å². The number of nitriles is 2. The van der Waals surface area contributed by atoms with Gasteiger partial charge in [-0.1, -0.05) is 12.1 Å². The monoisotopic (exact) mass is 340 g/mol. The third kappa shape index (κ3) is 2.98. The summed E-state index contributed by atoms with van der Waals surface area (Å²) in [5.74, 6) is -2.26. The molecule has 1 heterocycles. The largest absolute Gasteiger partial charge is 0.497 e. The molecule has 0 saturated carbocycles. The fourth-order valence-electron chi connectivity index (χ4n) is 2.65. The number of nitrogens with zero attached hydrogens (tertiary/aromatic N) is 4. The van der Waals surface area contributed by atoms with Gasteiger partial charge in [0, 0.05) is 20.0 Å². The van der Waals surface area contributed by atoms with Gasteiger partial charge in [0.05, 0.1) is 24.8 Å². The van der Waals surface area contributed by atoms with E-state index in [0.717, 1.165) is 9.13 Å². The summed E-state index contributed by atoms with van der Waals surface area (Å²) in [6.07, 6.45) is 0. The van der Waals surface area contributed by atoms with Crippen molar-refractivity contribution in [2.24, 2.45) is 20.0 Å². The predicted molar refractivity (Wildman–Crippen MR) is 88.1 cm³/mol. The van der Waals surface area contributed by atoms with Crippen LogP contribution in [0, 0.1) is 28.6 Å². The topological polar surface area (TPSA) is 121 Å². The molecule has 2 rings (SSSR count). The van der Waals surface area contributed by atoms with E-state index in [1.807, 2.05) is 12.1 Å². The second-order valence-corrected chi connectivity index (χ2v) is 5.43. The number of hydrogen-bond acceptors (Lipinski definition) is 6. The maximum absolute atomic E-state index is 12.6. The molecule has 0 fully saturated rings. The lowest BCUT2D eigenvalue weighted by Gasteiger charge is -2.20. The Kier molecular flexibility index (Phi) is 4.94. The first-order valence-electron chi connectivity index (χ1n) is 7.29. The molecule has 1 aromatic carbocycles. The van der Waals surface area contributed by atoms with E-state index in [-0.39, 0.29) is 5.56 Å². The van der Waals surface area contributed by atoms with E-state index in [2.05, 4.69) is 0 Å². The number of aromatic nitrogens is 2. The number of methoxy groups -OCH3 is 1. The minimum Gasteiger partial charge on any atom is -0.497 e. The zero-order valence-corrected chi connectivity index (χ0v) is 13.9. The van der Waals surface area contributed by atoms with Crippen LogP contribution >= 0.6 is 0 Å². The Labute approximate surface area is 143 Å². The maximum atomic E-state index is 12.6. The first-order valence-corrected chi connectivity index (χ1v) is 7.29. The van der Waals surface area contributed by atoms with Crippen molar-refractivity contribution in [3.63, 3.8) is 0 Å². The highest BCUT2D eigenvalue weighted by Gasteiger charge is 2.32. The highest BCUT2D eigenvalue weighted by Crippen LogP contribution is 2.34. The molecule has 0 amide bonds. The fourth-order valence-corrected chi connectivity index (χ4v) is 2.65. The Morgan fingerprint density at radius 3 is 2.12 bits per heavy atom. The normalized spacial score (nSPS) is 11.6. The summed E-state index contributed by atoms with van der Waals surface area (Å²) >= 11 is 0. The molecule has 1 N–H and O–H groups in total. The molecule has 8 nitrogen and oxygen atoms in total. The van der Waals surface area contributed by atoms with Crippen LogP contribution in [0.25, 0.3) is 0 Å². The molecule has 0 radical (unpaired) electrons. The second-order valence-electron chi connectivity index (χ2n) is 5.43. The number of hydrogen-bond donors (Lipinski definition) is 1. The lowest BCUT2D eigenvalue weighted by molar-refractivity contribution is 0.396. The van der Waals surface area contributed by atoms with E-state index in [0.29, 0.717) is 11.3 Å². The van der Waals surface area contributed by atoms with Crippen LogP contribution in [0.2, 0.25) is 0 Å². The zero-order valence-electron chi connectivity index (χ0n) is 13.9. The van der Waals surface area contributed by atoms with E-state index >= 15 is 0 Å². The van der Waals surface area contributed by atoms with Gasteiger partial charge in [0.25, 0.3) is 5.56 Å². The van der Waals surface area contributed by atoms with E-state index in [1.165, 1.54) is 21.2 Å². The standard InChI is InChI=1S/C17H16N4O4/c1-20-15(22)14(16(23)21(2)17(20)24)13(11(8-18)9-19)10-4-6-12(25-3)7-5-10/h4-7,11,13,22H,1-3H3. The average molecular weight is 340 g/mol. The summed E-state index contributed by atoms with van der Waals surface area (Å²) < 4.78 is 6.81. The van der Waals surface area contributed by atoms with Crippen molar-refractivity contribution in [3.8, 4) is 23.8 Å². The highest BCUT2D eigenvalue weighted by molar-refractivity contribution is 5.42. The molecule has 8 heteroatoms. The average Bonchev–Trinajstić information content (AvgIpc) is 2.64. The fraction of sp³-hybridized carbons (Fsp3) is 0.294. The molecule has 0 spiro atoms. The van der Waals surface area contributed by atoms with Gasteiger partial charge in [-0.15, -0.1) is 0 Å². The number of rotatable bonds is 4. The van der Waals surface area contributed by atoms with Crippen LogP contribution in [0.4, 0.5) is 0 Å². The van der Waals surface area contributed by atoms with Crippen LogP contribution < -0.4 is 16.0 Å². The Bertz CT molecular complexity index is 976. The van der Waals surface area contributed by atoms with Gasteiger partial charge in [-0.2, -0.15) is 10.5 Å². The summed E-state index contributed by atoms with van der Waals surface area (Å²) in [6, 6.07) is 10.2. The molecule has 0 aliphatic carbocycles. The number of benzene rings is 1. The summed E-state index contributed by atoms with van der Waals surface area (Å²) in [5, 5.41) is 29.0. The van der Waals surface area contributed by atoms with Gasteiger partial charge in [0.2, 0.25) is 5.88 Å². The Hall–Kier alpha value is -3.52. The Morgan fingerprint density at radius 2 is 1.64 bits per heavy atom. The van der Waals surface area contributed by atoms with E-state index in [1.54, 1.807) is 24.3 Å². The van der Waals surface area contributed by atoms with Gasteiger partial charge in [-0.05, 0) is 17.7 Å². The Morgan fingerprint density at radius 1 is 1.08 bits per heavy atom. The molecule has 1 unspecified atom stereocenters. The zero-order chi connectivity index (χ0) is 18.7. The summed E-state index contributed by atoms with van der Waals surface area (Å²) in [4.78, 5) is 24.5. The molecule has 0 aliphatic heterocycles. The third-order valence-corrected chi connectivity index (χ3v) is 4.06. The second kappa shape index (κ2) is 6.93. The molecule has 0 saturated heterocycles. The van der Waals surface area contributed by atoms with Crippen LogP contribution in [-0.4, -0.2) is 21.4 Å². The molecule has 0 aliphatic rings. The number of aromatic hydroxyl groups is 1. The van der Waals surface area contributed by atoms with E-state index < -0.39 is 29.0 Å². The maximum Gasteiger partial charge on any atom is 0.333 e. The molecular formula is C17H16N4O4. The van der Waals surface area contributed by atoms with Crippen LogP contribution in [0.5, 0.6) is 11.6 Å². The summed E-state index contributed by atoms with van der Waals surface area (Å²) in [6.45, 7) is 0. The third-order valence-electron chi connectivity index (χ3n) is 4.06. The lowest BCUT2D eigenvalue weighted by atomic mass is 9.82. The molecule has 0 bridgehead atoms. The summed E-state index contributed by atoms with van der Waals surface area (Å²) in [5.41, 5.74) is -1.16.